The number of ether oxygens (including phenoxy) is 1. The summed E-state index contributed by atoms with van der Waals surface area (Å²) in [6.45, 7) is 10.1. The van der Waals surface area contributed by atoms with Gasteiger partial charge in [-0.15, -0.1) is 0 Å². The fraction of sp³-hybridized carbons (Fsp3) is 0.933. The highest BCUT2D eigenvalue weighted by molar-refractivity contribution is 5.78. The predicted molar refractivity (Wildman–Crippen MR) is 79.7 cm³/mol. The Hall–Kier alpha value is -0.650. The van der Waals surface area contributed by atoms with E-state index in [4.69, 9.17) is 4.74 Å². The van der Waals surface area contributed by atoms with Crippen LogP contribution >= 0.6 is 0 Å². The molecule has 5 nitrogen and oxygen atoms in total. The Balaban J connectivity index is 1.80. The normalized spacial score (nSPS) is 27.2. The van der Waals surface area contributed by atoms with Gasteiger partial charge in [0.25, 0.3) is 0 Å². The summed E-state index contributed by atoms with van der Waals surface area (Å²) in [4.78, 5) is 18.8. The number of likely N-dealkylation sites (tertiary alicyclic amines) is 1. The molecule has 1 atom stereocenters. The molecule has 0 aromatic carbocycles. The summed E-state index contributed by atoms with van der Waals surface area (Å²) < 4.78 is 5.29. The smallest absolute Gasteiger partial charge is 0.236 e. The van der Waals surface area contributed by atoms with Crippen molar-refractivity contribution in [2.75, 3.05) is 60.0 Å². The van der Waals surface area contributed by atoms with E-state index in [1.54, 1.807) is 0 Å². The van der Waals surface area contributed by atoms with Gasteiger partial charge in [-0.1, -0.05) is 0 Å². The maximum absolute atomic E-state index is 12.2. The summed E-state index contributed by atoms with van der Waals surface area (Å²) >= 11 is 0. The Kier molecular flexibility index (Phi) is 5.04. The van der Waals surface area contributed by atoms with Gasteiger partial charge < -0.3 is 14.5 Å². The highest BCUT2D eigenvalue weighted by Crippen LogP contribution is 2.33. The second-order valence-electron chi connectivity index (χ2n) is 6.75. The maximum Gasteiger partial charge on any atom is 0.236 e. The summed E-state index contributed by atoms with van der Waals surface area (Å²) in [7, 11) is 4.26. The van der Waals surface area contributed by atoms with Crippen LogP contribution in [0.5, 0.6) is 0 Å². The van der Waals surface area contributed by atoms with Gasteiger partial charge in [-0.3, -0.25) is 9.69 Å². The minimum absolute atomic E-state index is 0.232. The first-order chi connectivity index (χ1) is 9.41. The van der Waals surface area contributed by atoms with Crippen LogP contribution in [0.3, 0.4) is 0 Å². The summed E-state index contributed by atoms with van der Waals surface area (Å²) in [5, 5.41) is 0. The third kappa shape index (κ3) is 3.51. The van der Waals surface area contributed by atoms with Crippen molar-refractivity contribution in [1.82, 2.24) is 14.7 Å². The van der Waals surface area contributed by atoms with E-state index in [1.165, 1.54) is 6.42 Å². The third-order valence-corrected chi connectivity index (χ3v) is 5.10. The molecule has 0 aromatic rings. The molecule has 20 heavy (non-hydrogen) atoms. The van der Waals surface area contributed by atoms with E-state index in [1.807, 2.05) is 4.90 Å². The van der Waals surface area contributed by atoms with Gasteiger partial charge in [0.2, 0.25) is 5.91 Å². The van der Waals surface area contributed by atoms with E-state index in [9.17, 15) is 4.79 Å². The fourth-order valence-corrected chi connectivity index (χ4v) is 3.20. The molecule has 2 aliphatic rings. The first kappa shape index (κ1) is 15.7. The zero-order valence-electron chi connectivity index (χ0n) is 13.4. The number of hydrogen-bond acceptors (Lipinski definition) is 4. The van der Waals surface area contributed by atoms with Crippen molar-refractivity contribution in [3.8, 4) is 0 Å². The Morgan fingerprint density at radius 1 is 1.30 bits per heavy atom. The lowest BCUT2D eigenvalue weighted by Gasteiger charge is -2.36. The molecule has 1 amide bonds. The zero-order chi connectivity index (χ0) is 14.8. The topological polar surface area (TPSA) is 36.0 Å². The van der Waals surface area contributed by atoms with E-state index in [-0.39, 0.29) is 11.4 Å². The van der Waals surface area contributed by atoms with Crippen molar-refractivity contribution in [3.05, 3.63) is 0 Å². The predicted octanol–water partition coefficient (Wildman–Crippen LogP) is 0.507. The minimum Gasteiger partial charge on any atom is -0.378 e. The average Bonchev–Trinajstić information content (AvgIpc) is 2.66. The van der Waals surface area contributed by atoms with Crippen LogP contribution in [-0.4, -0.2) is 86.2 Å². The second kappa shape index (κ2) is 6.41. The van der Waals surface area contributed by atoms with E-state index < -0.39 is 0 Å². The van der Waals surface area contributed by atoms with E-state index in [2.05, 4.69) is 37.7 Å². The van der Waals surface area contributed by atoms with Crippen molar-refractivity contribution in [1.29, 1.82) is 0 Å². The largest absolute Gasteiger partial charge is 0.378 e. The molecule has 0 spiro atoms. The van der Waals surface area contributed by atoms with Gasteiger partial charge in [0.05, 0.1) is 19.8 Å². The molecule has 2 aliphatic heterocycles. The number of amides is 1. The van der Waals surface area contributed by atoms with Crippen molar-refractivity contribution < 1.29 is 9.53 Å². The lowest BCUT2D eigenvalue weighted by atomic mass is 9.88. The molecule has 0 saturated carbocycles. The van der Waals surface area contributed by atoms with Gasteiger partial charge >= 0.3 is 0 Å². The van der Waals surface area contributed by atoms with E-state index in [0.717, 1.165) is 26.2 Å². The number of likely N-dealkylation sites (N-methyl/N-ethyl adjacent to an activating group) is 1. The molecule has 5 heteroatoms. The Morgan fingerprint density at radius 2 is 1.95 bits per heavy atom. The van der Waals surface area contributed by atoms with E-state index in [0.29, 0.717) is 25.7 Å². The van der Waals surface area contributed by atoms with Gasteiger partial charge in [0, 0.05) is 25.2 Å². The van der Waals surface area contributed by atoms with Gasteiger partial charge in [0.15, 0.2) is 0 Å². The maximum atomic E-state index is 12.2. The fourth-order valence-electron chi connectivity index (χ4n) is 3.20. The van der Waals surface area contributed by atoms with Crippen molar-refractivity contribution in [3.63, 3.8) is 0 Å². The Labute approximate surface area is 122 Å². The third-order valence-electron chi connectivity index (χ3n) is 5.10. The summed E-state index contributed by atoms with van der Waals surface area (Å²) in [5.74, 6) is 0.870. The number of nitrogens with zero attached hydrogens (tertiary/aromatic N) is 3. The van der Waals surface area contributed by atoms with Crippen LogP contribution in [0.4, 0.5) is 0 Å². The van der Waals surface area contributed by atoms with E-state index >= 15 is 0 Å². The first-order valence-electron chi connectivity index (χ1n) is 7.66. The SMILES string of the molecule is CN(CC(=O)N1CCOCC1)CC1CCN(C)C1(C)C. The number of rotatable bonds is 4. The average molecular weight is 283 g/mol. The number of carbonyl (C=O) groups is 1. The first-order valence-corrected chi connectivity index (χ1v) is 7.66. The van der Waals surface area contributed by atoms with Gasteiger partial charge in [0.1, 0.15) is 0 Å². The lowest BCUT2D eigenvalue weighted by Crippen LogP contribution is -2.48. The molecule has 0 bridgehead atoms. The van der Waals surface area contributed by atoms with Gasteiger partial charge in [-0.25, -0.2) is 0 Å². The minimum atomic E-state index is 0.232. The molecule has 0 aromatic heterocycles. The molecular formula is C15H29N3O2. The Morgan fingerprint density at radius 3 is 2.50 bits per heavy atom. The van der Waals surface area contributed by atoms with Crippen LogP contribution in [0.1, 0.15) is 20.3 Å². The Bertz CT molecular complexity index is 340. The second-order valence-corrected chi connectivity index (χ2v) is 6.75. The quantitative estimate of drug-likeness (QED) is 0.753. The van der Waals surface area contributed by atoms with Crippen LogP contribution in [0.15, 0.2) is 0 Å². The van der Waals surface area contributed by atoms with Crippen LogP contribution in [-0.2, 0) is 9.53 Å². The summed E-state index contributed by atoms with van der Waals surface area (Å²) in [6, 6.07) is 0. The molecule has 1 unspecified atom stereocenters. The van der Waals surface area contributed by atoms with Crippen molar-refractivity contribution in [2.24, 2.45) is 5.92 Å². The molecule has 116 valence electrons. The standard InChI is InChI=1S/C15H29N3O2/c1-15(2)13(5-6-17(15)4)11-16(3)12-14(19)18-7-9-20-10-8-18/h13H,5-12H2,1-4H3. The van der Waals surface area contributed by atoms with Crippen LogP contribution in [0, 0.1) is 5.92 Å². The molecular weight excluding hydrogens is 254 g/mol. The van der Waals surface area contributed by atoms with Crippen LogP contribution in [0.2, 0.25) is 0 Å². The molecule has 0 N–H and O–H groups in total. The van der Waals surface area contributed by atoms with Gasteiger partial charge in [-0.05, 0) is 46.8 Å². The molecule has 2 saturated heterocycles. The van der Waals surface area contributed by atoms with Crippen LogP contribution in [0.25, 0.3) is 0 Å². The highest BCUT2D eigenvalue weighted by Gasteiger charge is 2.39. The number of hydrogen-bond donors (Lipinski definition) is 0. The lowest BCUT2D eigenvalue weighted by molar-refractivity contribution is -0.136. The molecule has 2 fully saturated rings. The number of carbonyl (C=O) groups excluding carboxylic acids is 1. The summed E-state index contributed by atoms with van der Waals surface area (Å²) in [5.41, 5.74) is 0.232. The zero-order valence-corrected chi connectivity index (χ0v) is 13.4. The van der Waals surface area contributed by atoms with Crippen molar-refractivity contribution in [2.45, 2.75) is 25.8 Å². The number of morpholine rings is 1. The molecule has 2 rings (SSSR count). The van der Waals surface area contributed by atoms with Crippen molar-refractivity contribution >= 4 is 5.91 Å². The monoisotopic (exact) mass is 283 g/mol. The van der Waals surface area contributed by atoms with Crippen LogP contribution < -0.4 is 0 Å². The molecule has 0 radical (unpaired) electrons. The highest BCUT2D eigenvalue weighted by atomic mass is 16.5. The van der Waals surface area contributed by atoms with Gasteiger partial charge in [-0.2, -0.15) is 0 Å². The summed E-state index contributed by atoms with van der Waals surface area (Å²) in [6.07, 6.45) is 1.22. The molecule has 0 aliphatic carbocycles. The molecule has 2 heterocycles.